The molecule has 0 aromatic carbocycles. The number of aromatic nitrogens is 2. The molecule has 162 valence electrons. The van der Waals surface area contributed by atoms with Crippen LogP contribution in [-0.4, -0.2) is 58.4 Å². The summed E-state index contributed by atoms with van der Waals surface area (Å²) in [5.41, 5.74) is 1.08. The number of anilines is 2. The number of carbonyl (C=O) groups excluding carboxylic acids is 1. The fourth-order valence-electron chi connectivity index (χ4n) is 4.86. The highest BCUT2D eigenvalue weighted by molar-refractivity contribution is 6.09. The van der Waals surface area contributed by atoms with Gasteiger partial charge < -0.3 is 20.3 Å². The molecule has 2 aromatic heterocycles. The number of likely N-dealkylation sites (tertiary alicyclic amines) is 1. The number of methoxy groups -OCH3 is 1. The van der Waals surface area contributed by atoms with Gasteiger partial charge in [0.25, 0.3) is 5.91 Å². The van der Waals surface area contributed by atoms with Gasteiger partial charge in [-0.1, -0.05) is 12.8 Å². The lowest BCUT2D eigenvalue weighted by Crippen LogP contribution is -2.62. The molecular formula is C23H28N6O2. The summed E-state index contributed by atoms with van der Waals surface area (Å²) in [6.45, 7) is 1.26. The van der Waals surface area contributed by atoms with Crippen molar-refractivity contribution in [3.05, 3.63) is 42.2 Å². The first-order valence-electron chi connectivity index (χ1n) is 11.0. The Morgan fingerprint density at radius 1 is 1.23 bits per heavy atom. The van der Waals surface area contributed by atoms with Gasteiger partial charge in [0, 0.05) is 25.0 Å². The van der Waals surface area contributed by atoms with Gasteiger partial charge in [0.15, 0.2) is 5.82 Å². The standard InChI is InChI=1S/C23H28N6O2/c1-31-19-10-9-16(14-25-19)21(30)29-13-5-11-23(15-29)22(26-17-6-2-3-7-17)27-20-18(28-23)8-4-12-24-20/h4,8-10,12,14,17,28H,2-3,5-7,11,13,15H2,1H3,(H,24,26,27)/t23-/m0/s1. The molecule has 1 atom stereocenters. The van der Waals surface area contributed by atoms with Crippen LogP contribution in [0.25, 0.3) is 0 Å². The van der Waals surface area contributed by atoms with Gasteiger partial charge in [0.1, 0.15) is 11.4 Å². The lowest BCUT2D eigenvalue weighted by molar-refractivity contribution is 0.0694. The van der Waals surface area contributed by atoms with E-state index >= 15 is 0 Å². The first-order chi connectivity index (χ1) is 15.2. The van der Waals surface area contributed by atoms with E-state index in [1.165, 1.54) is 12.8 Å². The van der Waals surface area contributed by atoms with Crippen LogP contribution in [0, 0.1) is 0 Å². The fourth-order valence-corrected chi connectivity index (χ4v) is 4.86. The quantitative estimate of drug-likeness (QED) is 0.791. The number of aliphatic imine (C=N–C) groups is 1. The molecule has 1 aliphatic carbocycles. The van der Waals surface area contributed by atoms with E-state index in [2.05, 4.69) is 20.6 Å². The predicted octanol–water partition coefficient (Wildman–Crippen LogP) is 3.34. The van der Waals surface area contributed by atoms with Crippen molar-refractivity contribution in [3.63, 3.8) is 0 Å². The summed E-state index contributed by atoms with van der Waals surface area (Å²) in [6.07, 6.45) is 9.87. The molecule has 8 nitrogen and oxygen atoms in total. The topological polar surface area (TPSA) is 91.7 Å². The number of piperidine rings is 1. The number of hydrogen-bond donors (Lipinski definition) is 2. The van der Waals surface area contributed by atoms with Crippen LogP contribution >= 0.6 is 0 Å². The molecule has 2 N–H and O–H groups in total. The van der Waals surface area contributed by atoms with Gasteiger partial charge >= 0.3 is 0 Å². The third-order valence-electron chi connectivity index (χ3n) is 6.48. The van der Waals surface area contributed by atoms with E-state index in [0.29, 0.717) is 30.6 Å². The summed E-state index contributed by atoms with van der Waals surface area (Å²) in [7, 11) is 1.57. The Bertz CT molecular complexity index is 986. The minimum absolute atomic E-state index is 0.0202. The van der Waals surface area contributed by atoms with Gasteiger partial charge in [0.05, 0.1) is 30.9 Å². The second-order valence-corrected chi connectivity index (χ2v) is 8.57. The third-order valence-corrected chi connectivity index (χ3v) is 6.48. The Balaban J connectivity index is 1.45. The van der Waals surface area contributed by atoms with E-state index in [-0.39, 0.29) is 5.91 Å². The van der Waals surface area contributed by atoms with Gasteiger partial charge in [0.2, 0.25) is 5.88 Å². The number of amides is 1. The van der Waals surface area contributed by atoms with E-state index < -0.39 is 5.54 Å². The Kier molecular flexibility index (Phi) is 5.21. The van der Waals surface area contributed by atoms with Gasteiger partial charge in [-0.25, -0.2) is 9.97 Å². The molecule has 0 radical (unpaired) electrons. The number of ether oxygens (including phenoxy) is 1. The summed E-state index contributed by atoms with van der Waals surface area (Å²) in [6, 6.07) is 7.78. The minimum atomic E-state index is -0.438. The number of pyridine rings is 2. The zero-order valence-corrected chi connectivity index (χ0v) is 17.8. The van der Waals surface area contributed by atoms with E-state index in [0.717, 1.165) is 43.0 Å². The molecule has 31 heavy (non-hydrogen) atoms. The van der Waals surface area contributed by atoms with Crippen molar-refractivity contribution >= 4 is 23.2 Å². The zero-order chi connectivity index (χ0) is 21.3. The Labute approximate surface area is 182 Å². The highest BCUT2D eigenvalue weighted by Gasteiger charge is 2.45. The van der Waals surface area contributed by atoms with Crippen LogP contribution in [0.2, 0.25) is 0 Å². The van der Waals surface area contributed by atoms with E-state index in [1.54, 1.807) is 31.6 Å². The summed E-state index contributed by atoms with van der Waals surface area (Å²) in [4.78, 5) is 29.0. The van der Waals surface area contributed by atoms with Crippen molar-refractivity contribution in [3.8, 4) is 5.88 Å². The molecule has 4 heterocycles. The number of nitrogens with one attached hydrogen (secondary N) is 2. The van der Waals surface area contributed by atoms with Crippen molar-refractivity contribution in [2.75, 3.05) is 30.8 Å². The first kappa shape index (κ1) is 19.8. The van der Waals surface area contributed by atoms with Crippen molar-refractivity contribution < 1.29 is 9.53 Å². The summed E-state index contributed by atoms with van der Waals surface area (Å²) < 4.78 is 5.12. The fraction of sp³-hybridized carbons (Fsp3) is 0.478. The van der Waals surface area contributed by atoms with Crippen LogP contribution in [-0.2, 0) is 0 Å². The van der Waals surface area contributed by atoms with Gasteiger partial charge in [-0.15, -0.1) is 0 Å². The molecule has 2 aliphatic heterocycles. The monoisotopic (exact) mass is 420 g/mol. The van der Waals surface area contributed by atoms with Crippen molar-refractivity contribution in [1.82, 2.24) is 14.9 Å². The van der Waals surface area contributed by atoms with Gasteiger partial charge in [-0.2, -0.15) is 0 Å². The normalized spacial score (nSPS) is 24.5. The average molecular weight is 421 g/mol. The number of amidine groups is 1. The summed E-state index contributed by atoms with van der Waals surface area (Å²) in [5, 5.41) is 7.21. The van der Waals surface area contributed by atoms with Crippen LogP contribution < -0.4 is 15.4 Å². The van der Waals surface area contributed by atoms with Crippen LogP contribution in [0.1, 0.15) is 48.9 Å². The maximum Gasteiger partial charge on any atom is 0.255 e. The molecule has 2 aromatic rings. The molecule has 2 fully saturated rings. The van der Waals surface area contributed by atoms with Crippen LogP contribution in [0.5, 0.6) is 5.88 Å². The number of fused-ring (bicyclic) bond motifs is 1. The van der Waals surface area contributed by atoms with Gasteiger partial charge in [-0.05, 0) is 43.9 Å². The first-order valence-corrected chi connectivity index (χ1v) is 11.0. The zero-order valence-electron chi connectivity index (χ0n) is 17.8. The van der Waals surface area contributed by atoms with Crippen LogP contribution in [0.4, 0.5) is 11.5 Å². The van der Waals surface area contributed by atoms with E-state index in [1.807, 2.05) is 17.0 Å². The maximum absolute atomic E-state index is 13.3. The number of nitrogens with zero attached hydrogens (tertiary/aromatic N) is 4. The Morgan fingerprint density at radius 3 is 2.87 bits per heavy atom. The van der Waals surface area contributed by atoms with Crippen molar-refractivity contribution in [1.29, 1.82) is 0 Å². The second-order valence-electron chi connectivity index (χ2n) is 8.57. The highest BCUT2D eigenvalue weighted by Crippen LogP contribution is 2.36. The third kappa shape index (κ3) is 3.82. The molecular weight excluding hydrogens is 392 g/mol. The molecule has 1 saturated carbocycles. The molecule has 8 heteroatoms. The molecule has 3 aliphatic rings. The summed E-state index contributed by atoms with van der Waals surface area (Å²) >= 11 is 0. The van der Waals surface area contributed by atoms with Crippen LogP contribution in [0.3, 0.4) is 0 Å². The lowest BCUT2D eigenvalue weighted by atomic mass is 9.85. The van der Waals surface area contributed by atoms with Crippen molar-refractivity contribution in [2.45, 2.75) is 50.1 Å². The minimum Gasteiger partial charge on any atom is -0.481 e. The predicted molar refractivity (Wildman–Crippen MR) is 120 cm³/mol. The van der Waals surface area contributed by atoms with Crippen LogP contribution in [0.15, 0.2) is 41.7 Å². The average Bonchev–Trinajstić information content (AvgIpc) is 3.32. The number of carbonyl (C=O) groups is 1. The largest absolute Gasteiger partial charge is 0.481 e. The smallest absolute Gasteiger partial charge is 0.255 e. The van der Waals surface area contributed by atoms with Crippen molar-refractivity contribution in [2.24, 2.45) is 4.99 Å². The van der Waals surface area contributed by atoms with E-state index in [9.17, 15) is 4.79 Å². The molecule has 1 amide bonds. The van der Waals surface area contributed by atoms with Gasteiger partial charge in [-0.3, -0.25) is 9.79 Å². The lowest BCUT2D eigenvalue weighted by Gasteiger charge is -2.47. The molecule has 0 bridgehead atoms. The number of hydrogen-bond acceptors (Lipinski definition) is 6. The SMILES string of the molecule is COc1ccc(C(=O)N2CCC[C@@]3(C2)Nc2cccnc2NC3=NC2CCCC2)cn1. The number of rotatable bonds is 3. The molecule has 1 saturated heterocycles. The summed E-state index contributed by atoms with van der Waals surface area (Å²) in [5.74, 6) is 2.19. The Hall–Kier alpha value is -3.16. The molecule has 5 rings (SSSR count). The Morgan fingerprint density at radius 2 is 2.10 bits per heavy atom. The maximum atomic E-state index is 13.3. The van der Waals surface area contributed by atoms with E-state index in [4.69, 9.17) is 9.73 Å². The molecule has 1 spiro atoms. The highest BCUT2D eigenvalue weighted by atomic mass is 16.5. The molecule has 0 unspecified atom stereocenters. The second kappa shape index (κ2) is 8.17.